The number of piperidine rings is 1. The number of carbonyl (C=O) groups excluding carboxylic acids is 1. The second kappa shape index (κ2) is 5.81. The largest absolute Gasteiger partial charge is 0.356 e. The van der Waals surface area contributed by atoms with Gasteiger partial charge in [0.15, 0.2) is 0 Å². The molecule has 0 radical (unpaired) electrons. The Balaban J connectivity index is 1.78. The molecule has 6 nitrogen and oxygen atoms in total. The molecule has 2 aliphatic rings. The molecule has 2 saturated heterocycles. The van der Waals surface area contributed by atoms with Gasteiger partial charge >= 0.3 is 0 Å². The highest BCUT2D eigenvalue weighted by Gasteiger charge is 2.29. The lowest BCUT2D eigenvalue weighted by Crippen LogP contribution is -2.35. The predicted octanol–water partition coefficient (Wildman–Crippen LogP) is 1.43. The number of H-pyrrole nitrogens is 1. The Kier molecular flexibility index (Phi) is 4.03. The molecule has 1 aromatic heterocycles. The number of rotatable bonds is 3. The van der Waals surface area contributed by atoms with E-state index in [4.69, 9.17) is 0 Å². The van der Waals surface area contributed by atoms with Gasteiger partial charge in [0.05, 0.1) is 0 Å². The van der Waals surface area contributed by atoms with Gasteiger partial charge in [-0.25, -0.2) is 8.42 Å². The Morgan fingerprint density at radius 2 is 1.62 bits per heavy atom. The number of aromatic nitrogens is 1. The maximum Gasteiger partial charge on any atom is 0.270 e. The van der Waals surface area contributed by atoms with Crippen molar-refractivity contribution >= 4 is 15.9 Å². The number of amides is 1. The van der Waals surface area contributed by atoms with E-state index in [2.05, 4.69) is 4.98 Å². The van der Waals surface area contributed by atoms with E-state index in [0.717, 1.165) is 45.2 Å². The third kappa shape index (κ3) is 2.85. The molecule has 1 N–H and O–H groups in total. The number of sulfonamides is 1. The minimum atomic E-state index is -3.45. The van der Waals surface area contributed by atoms with Crippen LogP contribution in [0.25, 0.3) is 0 Å². The highest BCUT2D eigenvalue weighted by Crippen LogP contribution is 2.22. The second-order valence-corrected chi connectivity index (χ2v) is 7.65. The van der Waals surface area contributed by atoms with Gasteiger partial charge in [0.1, 0.15) is 10.6 Å². The van der Waals surface area contributed by atoms with Crippen LogP contribution in [0.4, 0.5) is 0 Å². The van der Waals surface area contributed by atoms with Crippen LogP contribution in [0.2, 0.25) is 0 Å². The van der Waals surface area contributed by atoms with Crippen LogP contribution >= 0.6 is 0 Å². The zero-order chi connectivity index (χ0) is 14.9. The molecule has 0 atom stereocenters. The predicted molar refractivity (Wildman–Crippen MR) is 78.5 cm³/mol. The van der Waals surface area contributed by atoms with Crippen molar-refractivity contribution in [3.8, 4) is 0 Å². The molecule has 2 fully saturated rings. The molecule has 1 aromatic rings. The van der Waals surface area contributed by atoms with Crippen LogP contribution in [0, 0.1) is 0 Å². The topological polar surface area (TPSA) is 73.5 Å². The number of hydrogen-bond acceptors (Lipinski definition) is 3. The SMILES string of the molecule is O=C(c1cc(S(=O)(=O)N2CCCC2)c[nH]1)N1CCCCC1. The van der Waals surface area contributed by atoms with Crippen molar-refractivity contribution in [1.82, 2.24) is 14.2 Å². The van der Waals surface area contributed by atoms with E-state index in [0.29, 0.717) is 18.8 Å². The summed E-state index contributed by atoms with van der Waals surface area (Å²) in [4.78, 5) is 17.2. The molecule has 2 aliphatic heterocycles. The van der Waals surface area contributed by atoms with E-state index in [1.165, 1.54) is 16.6 Å². The zero-order valence-corrected chi connectivity index (χ0v) is 12.9. The van der Waals surface area contributed by atoms with Gasteiger partial charge in [-0.3, -0.25) is 4.79 Å². The van der Waals surface area contributed by atoms with Crippen LogP contribution in [-0.2, 0) is 10.0 Å². The Morgan fingerprint density at radius 1 is 1.00 bits per heavy atom. The number of likely N-dealkylation sites (tertiary alicyclic amines) is 1. The zero-order valence-electron chi connectivity index (χ0n) is 12.0. The molecule has 7 heteroatoms. The Labute approximate surface area is 125 Å². The summed E-state index contributed by atoms with van der Waals surface area (Å²) in [5.41, 5.74) is 0.370. The van der Waals surface area contributed by atoms with Gasteiger partial charge in [0, 0.05) is 32.4 Å². The molecule has 21 heavy (non-hydrogen) atoms. The fourth-order valence-corrected chi connectivity index (χ4v) is 4.50. The van der Waals surface area contributed by atoms with Gasteiger partial charge in [0.2, 0.25) is 10.0 Å². The average molecular weight is 311 g/mol. The lowest BCUT2D eigenvalue weighted by Gasteiger charge is -2.26. The number of hydrogen-bond donors (Lipinski definition) is 1. The lowest BCUT2D eigenvalue weighted by molar-refractivity contribution is 0.0719. The molecule has 0 spiro atoms. The Hall–Kier alpha value is -1.34. The van der Waals surface area contributed by atoms with Crippen molar-refractivity contribution in [1.29, 1.82) is 0 Å². The first-order valence-electron chi connectivity index (χ1n) is 7.57. The van der Waals surface area contributed by atoms with Crippen LogP contribution < -0.4 is 0 Å². The van der Waals surface area contributed by atoms with Crippen LogP contribution in [0.1, 0.15) is 42.6 Å². The highest BCUT2D eigenvalue weighted by molar-refractivity contribution is 7.89. The maximum atomic E-state index is 12.4. The van der Waals surface area contributed by atoms with E-state index in [-0.39, 0.29) is 10.8 Å². The van der Waals surface area contributed by atoms with Crippen molar-refractivity contribution in [2.45, 2.75) is 37.0 Å². The van der Waals surface area contributed by atoms with Crippen molar-refractivity contribution < 1.29 is 13.2 Å². The number of nitrogens with zero attached hydrogens (tertiary/aromatic N) is 2. The van der Waals surface area contributed by atoms with E-state index in [1.807, 2.05) is 0 Å². The molecule has 0 bridgehead atoms. The van der Waals surface area contributed by atoms with Crippen LogP contribution in [-0.4, -0.2) is 54.7 Å². The van der Waals surface area contributed by atoms with E-state index >= 15 is 0 Å². The normalized spacial score (nSPS) is 20.9. The van der Waals surface area contributed by atoms with Gasteiger partial charge < -0.3 is 9.88 Å². The van der Waals surface area contributed by atoms with Gasteiger partial charge in [-0.1, -0.05) is 0 Å². The molecule has 3 heterocycles. The molecular weight excluding hydrogens is 290 g/mol. The van der Waals surface area contributed by atoms with Crippen LogP contribution in [0.15, 0.2) is 17.2 Å². The summed E-state index contributed by atoms with van der Waals surface area (Å²) in [6, 6.07) is 1.48. The summed E-state index contributed by atoms with van der Waals surface area (Å²) in [6.45, 7) is 2.66. The molecule has 0 saturated carbocycles. The first kappa shape index (κ1) is 14.6. The summed E-state index contributed by atoms with van der Waals surface area (Å²) in [6.07, 6.45) is 6.44. The monoisotopic (exact) mass is 311 g/mol. The van der Waals surface area contributed by atoms with E-state index in [1.54, 1.807) is 4.90 Å². The number of nitrogens with one attached hydrogen (secondary N) is 1. The quantitative estimate of drug-likeness (QED) is 0.917. The second-order valence-electron chi connectivity index (χ2n) is 5.71. The third-order valence-electron chi connectivity index (χ3n) is 4.23. The lowest BCUT2D eigenvalue weighted by atomic mass is 10.1. The highest BCUT2D eigenvalue weighted by atomic mass is 32.2. The Bertz CT molecular complexity index is 611. The Morgan fingerprint density at radius 3 is 2.29 bits per heavy atom. The fourth-order valence-electron chi connectivity index (χ4n) is 2.99. The number of carbonyl (C=O) groups is 1. The first-order valence-corrected chi connectivity index (χ1v) is 9.01. The molecule has 1 amide bonds. The summed E-state index contributed by atoms with van der Waals surface area (Å²) < 4.78 is 26.3. The van der Waals surface area contributed by atoms with Gasteiger partial charge in [-0.15, -0.1) is 0 Å². The molecule has 0 aromatic carbocycles. The van der Waals surface area contributed by atoms with Gasteiger partial charge in [-0.2, -0.15) is 4.31 Å². The molecule has 116 valence electrons. The first-order chi connectivity index (χ1) is 10.1. The van der Waals surface area contributed by atoms with Crippen molar-refractivity contribution in [3.05, 3.63) is 18.0 Å². The minimum Gasteiger partial charge on any atom is -0.356 e. The molecule has 3 rings (SSSR count). The van der Waals surface area contributed by atoms with Crippen molar-refractivity contribution in [3.63, 3.8) is 0 Å². The number of aromatic amines is 1. The smallest absolute Gasteiger partial charge is 0.270 e. The third-order valence-corrected chi connectivity index (χ3v) is 6.11. The summed E-state index contributed by atoms with van der Waals surface area (Å²) >= 11 is 0. The summed E-state index contributed by atoms with van der Waals surface area (Å²) in [5, 5.41) is 0. The van der Waals surface area contributed by atoms with Crippen molar-refractivity contribution in [2.24, 2.45) is 0 Å². The molecular formula is C14H21N3O3S. The molecule has 0 unspecified atom stereocenters. The van der Waals surface area contributed by atoms with Gasteiger partial charge in [-0.05, 0) is 38.2 Å². The van der Waals surface area contributed by atoms with E-state index in [9.17, 15) is 13.2 Å². The van der Waals surface area contributed by atoms with Gasteiger partial charge in [0.25, 0.3) is 5.91 Å². The van der Waals surface area contributed by atoms with Crippen LogP contribution in [0.5, 0.6) is 0 Å². The van der Waals surface area contributed by atoms with E-state index < -0.39 is 10.0 Å². The fraction of sp³-hybridized carbons (Fsp3) is 0.643. The minimum absolute atomic E-state index is 0.0995. The summed E-state index contributed by atoms with van der Waals surface area (Å²) in [5.74, 6) is -0.0995. The van der Waals surface area contributed by atoms with Crippen LogP contribution in [0.3, 0.4) is 0 Å². The average Bonchev–Trinajstić information content (AvgIpc) is 3.19. The van der Waals surface area contributed by atoms with Crippen molar-refractivity contribution in [2.75, 3.05) is 26.2 Å². The molecule has 0 aliphatic carbocycles. The summed E-state index contributed by atoms with van der Waals surface area (Å²) in [7, 11) is -3.45. The standard InChI is InChI=1S/C14H21N3O3S/c18-14(16-6-2-1-3-7-16)13-10-12(11-15-13)21(19,20)17-8-4-5-9-17/h10-11,15H,1-9H2. The maximum absolute atomic E-state index is 12.4.